The highest BCUT2D eigenvalue weighted by Gasteiger charge is 2.16. The molecule has 0 aliphatic heterocycles. The summed E-state index contributed by atoms with van der Waals surface area (Å²) in [6, 6.07) is 8.66. The van der Waals surface area contributed by atoms with Crippen LogP contribution >= 0.6 is 0 Å². The molecule has 1 aromatic carbocycles. The van der Waals surface area contributed by atoms with Crippen molar-refractivity contribution in [2.45, 2.75) is 19.4 Å². The van der Waals surface area contributed by atoms with Crippen molar-refractivity contribution in [3.05, 3.63) is 29.8 Å². The van der Waals surface area contributed by atoms with E-state index in [0.717, 1.165) is 5.69 Å². The zero-order chi connectivity index (χ0) is 12.0. The molecule has 0 bridgehead atoms. The van der Waals surface area contributed by atoms with E-state index in [1.807, 2.05) is 19.1 Å². The summed E-state index contributed by atoms with van der Waals surface area (Å²) in [5, 5.41) is 11.8. The summed E-state index contributed by atoms with van der Waals surface area (Å²) in [7, 11) is 1.36. The summed E-state index contributed by atoms with van der Waals surface area (Å²) in [5.41, 5.74) is 1.31. The number of hydrogen-bond donors (Lipinski definition) is 1. The summed E-state index contributed by atoms with van der Waals surface area (Å²) in [5.74, 6) is -0.301. The Hall–Kier alpha value is -2.02. The number of hydrogen-bond acceptors (Lipinski definition) is 4. The largest absolute Gasteiger partial charge is 0.467 e. The standard InChI is InChI=1S/C12H14N2O2/c1-3-11(12(15)16-2)14-10-6-4-5-9(7-10)8-13/h4-7,11,14H,3H2,1-2H3. The molecule has 0 aromatic heterocycles. The Bertz CT molecular complexity index is 410. The predicted molar refractivity (Wildman–Crippen MR) is 60.9 cm³/mol. The van der Waals surface area contributed by atoms with Gasteiger partial charge in [0, 0.05) is 5.69 Å². The number of benzene rings is 1. The minimum atomic E-state index is -0.376. The molecule has 0 spiro atoms. The van der Waals surface area contributed by atoms with E-state index in [0.29, 0.717) is 12.0 Å². The molecule has 0 radical (unpaired) electrons. The van der Waals surface area contributed by atoms with E-state index in [1.54, 1.807) is 18.2 Å². The monoisotopic (exact) mass is 218 g/mol. The van der Waals surface area contributed by atoms with Crippen LogP contribution in [0, 0.1) is 11.3 Å². The average molecular weight is 218 g/mol. The predicted octanol–water partition coefficient (Wildman–Crippen LogP) is 1.92. The van der Waals surface area contributed by atoms with Crippen LogP contribution in [-0.4, -0.2) is 19.1 Å². The first-order valence-electron chi connectivity index (χ1n) is 5.05. The van der Waals surface area contributed by atoms with Gasteiger partial charge in [0.25, 0.3) is 0 Å². The number of esters is 1. The van der Waals surface area contributed by atoms with E-state index in [-0.39, 0.29) is 12.0 Å². The van der Waals surface area contributed by atoms with Crippen LogP contribution in [0.15, 0.2) is 24.3 Å². The maximum Gasteiger partial charge on any atom is 0.328 e. The van der Waals surface area contributed by atoms with Gasteiger partial charge in [-0.15, -0.1) is 0 Å². The zero-order valence-corrected chi connectivity index (χ0v) is 9.36. The Morgan fingerprint density at radius 3 is 2.94 bits per heavy atom. The van der Waals surface area contributed by atoms with E-state index < -0.39 is 0 Å². The van der Waals surface area contributed by atoms with Gasteiger partial charge in [-0.2, -0.15) is 5.26 Å². The Morgan fingerprint density at radius 1 is 1.62 bits per heavy atom. The van der Waals surface area contributed by atoms with E-state index in [4.69, 9.17) is 5.26 Å². The minimum absolute atomic E-state index is 0.301. The van der Waals surface area contributed by atoms with Crippen molar-refractivity contribution >= 4 is 11.7 Å². The van der Waals surface area contributed by atoms with Gasteiger partial charge in [-0.25, -0.2) is 4.79 Å². The van der Waals surface area contributed by atoms with Crippen LogP contribution in [-0.2, 0) is 9.53 Å². The molecule has 0 saturated carbocycles. The third-order valence-corrected chi connectivity index (χ3v) is 2.23. The molecule has 1 rings (SSSR count). The molecule has 0 fully saturated rings. The van der Waals surface area contributed by atoms with E-state index in [2.05, 4.69) is 10.1 Å². The molecule has 0 amide bonds. The van der Waals surface area contributed by atoms with Crippen LogP contribution in [0.5, 0.6) is 0 Å². The maximum absolute atomic E-state index is 11.4. The zero-order valence-electron chi connectivity index (χ0n) is 9.36. The van der Waals surface area contributed by atoms with Gasteiger partial charge in [0.2, 0.25) is 0 Å². The van der Waals surface area contributed by atoms with Crippen molar-refractivity contribution in [2.75, 3.05) is 12.4 Å². The number of carbonyl (C=O) groups is 1. The topological polar surface area (TPSA) is 62.1 Å². The molecule has 0 heterocycles. The number of rotatable bonds is 4. The number of nitriles is 1. The molecule has 0 aliphatic rings. The summed E-state index contributed by atoms with van der Waals surface area (Å²) < 4.78 is 4.67. The first kappa shape index (κ1) is 12.1. The fourth-order valence-electron chi connectivity index (χ4n) is 1.35. The highest BCUT2D eigenvalue weighted by molar-refractivity contribution is 5.79. The lowest BCUT2D eigenvalue weighted by Gasteiger charge is -2.15. The van der Waals surface area contributed by atoms with Gasteiger partial charge >= 0.3 is 5.97 Å². The number of nitrogens with zero attached hydrogens (tertiary/aromatic N) is 1. The molecule has 1 aromatic rings. The molecule has 1 N–H and O–H groups in total. The smallest absolute Gasteiger partial charge is 0.328 e. The van der Waals surface area contributed by atoms with Crippen molar-refractivity contribution in [3.63, 3.8) is 0 Å². The number of nitrogens with one attached hydrogen (secondary N) is 1. The fraction of sp³-hybridized carbons (Fsp3) is 0.333. The molecule has 84 valence electrons. The van der Waals surface area contributed by atoms with Gasteiger partial charge in [0.15, 0.2) is 0 Å². The van der Waals surface area contributed by atoms with Gasteiger partial charge in [-0.3, -0.25) is 0 Å². The van der Waals surface area contributed by atoms with Crippen LogP contribution < -0.4 is 5.32 Å². The second kappa shape index (κ2) is 5.76. The van der Waals surface area contributed by atoms with Crippen molar-refractivity contribution in [2.24, 2.45) is 0 Å². The van der Waals surface area contributed by atoms with E-state index >= 15 is 0 Å². The molecular weight excluding hydrogens is 204 g/mol. The van der Waals surface area contributed by atoms with Crippen LogP contribution in [0.4, 0.5) is 5.69 Å². The van der Waals surface area contributed by atoms with Crippen molar-refractivity contribution in [3.8, 4) is 6.07 Å². The number of methoxy groups -OCH3 is 1. The number of ether oxygens (including phenoxy) is 1. The van der Waals surface area contributed by atoms with Gasteiger partial charge in [0.1, 0.15) is 6.04 Å². The molecule has 1 unspecified atom stereocenters. The molecular formula is C12H14N2O2. The molecule has 4 nitrogen and oxygen atoms in total. The second-order valence-corrected chi connectivity index (χ2v) is 3.32. The number of anilines is 1. The van der Waals surface area contributed by atoms with Crippen molar-refractivity contribution < 1.29 is 9.53 Å². The Balaban J connectivity index is 2.78. The van der Waals surface area contributed by atoms with Gasteiger partial charge < -0.3 is 10.1 Å². The van der Waals surface area contributed by atoms with Gasteiger partial charge in [-0.1, -0.05) is 13.0 Å². The highest BCUT2D eigenvalue weighted by Crippen LogP contribution is 2.12. The summed E-state index contributed by atoms with van der Waals surface area (Å²) in [6.45, 7) is 1.89. The Morgan fingerprint density at radius 2 is 2.38 bits per heavy atom. The molecule has 1 atom stereocenters. The summed E-state index contributed by atoms with van der Waals surface area (Å²) in [6.07, 6.45) is 0.628. The van der Waals surface area contributed by atoms with Crippen molar-refractivity contribution in [1.82, 2.24) is 0 Å². The fourth-order valence-corrected chi connectivity index (χ4v) is 1.35. The Labute approximate surface area is 94.8 Å². The normalized spacial score (nSPS) is 11.3. The lowest BCUT2D eigenvalue weighted by molar-refractivity contribution is -0.141. The van der Waals surface area contributed by atoms with Crippen LogP contribution in [0.1, 0.15) is 18.9 Å². The van der Waals surface area contributed by atoms with Gasteiger partial charge in [-0.05, 0) is 24.6 Å². The second-order valence-electron chi connectivity index (χ2n) is 3.32. The van der Waals surface area contributed by atoms with Crippen LogP contribution in [0.3, 0.4) is 0 Å². The third-order valence-electron chi connectivity index (χ3n) is 2.23. The molecule has 16 heavy (non-hydrogen) atoms. The quantitative estimate of drug-likeness (QED) is 0.784. The van der Waals surface area contributed by atoms with Crippen LogP contribution in [0.25, 0.3) is 0 Å². The lowest BCUT2D eigenvalue weighted by Crippen LogP contribution is -2.29. The lowest BCUT2D eigenvalue weighted by atomic mass is 10.1. The first-order chi connectivity index (χ1) is 7.71. The third kappa shape index (κ3) is 2.99. The first-order valence-corrected chi connectivity index (χ1v) is 5.05. The van der Waals surface area contributed by atoms with Crippen LogP contribution in [0.2, 0.25) is 0 Å². The van der Waals surface area contributed by atoms with Crippen molar-refractivity contribution in [1.29, 1.82) is 5.26 Å². The highest BCUT2D eigenvalue weighted by atomic mass is 16.5. The molecule has 4 heteroatoms. The molecule has 0 aliphatic carbocycles. The maximum atomic E-state index is 11.4. The summed E-state index contributed by atoms with van der Waals surface area (Å²) in [4.78, 5) is 11.4. The van der Waals surface area contributed by atoms with E-state index in [1.165, 1.54) is 7.11 Å². The summed E-state index contributed by atoms with van der Waals surface area (Å²) >= 11 is 0. The minimum Gasteiger partial charge on any atom is -0.467 e. The average Bonchev–Trinajstić information content (AvgIpc) is 2.35. The number of carbonyl (C=O) groups excluding carboxylic acids is 1. The SMILES string of the molecule is CCC(Nc1cccc(C#N)c1)C(=O)OC. The molecule has 0 saturated heterocycles. The van der Waals surface area contributed by atoms with Gasteiger partial charge in [0.05, 0.1) is 18.7 Å². The van der Waals surface area contributed by atoms with E-state index in [9.17, 15) is 4.79 Å². The Kier molecular flexibility index (Phi) is 4.34.